The van der Waals surface area contributed by atoms with Gasteiger partial charge in [-0.3, -0.25) is 9.59 Å². The third-order valence-corrected chi connectivity index (χ3v) is 4.62. The zero-order chi connectivity index (χ0) is 14.8. The molecule has 0 aromatic carbocycles. The van der Waals surface area contributed by atoms with E-state index in [1.165, 1.54) is 0 Å². The Morgan fingerprint density at radius 2 is 1.95 bits per heavy atom. The lowest BCUT2D eigenvalue weighted by Gasteiger charge is -2.44. The van der Waals surface area contributed by atoms with E-state index in [0.29, 0.717) is 0 Å². The van der Waals surface area contributed by atoms with Crippen LogP contribution < -0.4 is 5.32 Å². The molecular weight excluding hydrogens is 260 g/mol. The molecule has 2 amide bonds. The maximum Gasteiger partial charge on any atom is 0.246 e. The van der Waals surface area contributed by atoms with E-state index in [2.05, 4.69) is 12.2 Å². The van der Waals surface area contributed by atoms with E-state index in [9.17, 15) is 9.59 Å². The largest absolute Gasteiger partial charge is 0.342 e. The highest BCUT2D eigenvalue weighted by Crippen LogP contribution is 2.26. The molecule has 0 aromatic rings. The number of thioether (sulfide) groups is 1. The lowest BCUT2D eigenvalue weighted by molar-refractivity contribution is -0.153. The first kappa shape index (κ1) is 16.3. The van der Waals surface area contributed by atoms with Gasteiger partial charge in [-0.1, -0.05) is 27.7 Å². The predicted molar refractivity (Wildman–Crippen MR) is 80.2 cm³/mol. The number of nitrogens with one attached hydrogen (secondary N) is 1. The van der Waals surface area contributed by atoms with E-state index in [1.54, 1.807) is 23.6 Å². The van der Waals surface area contributed by atoms with Gasteiger partial charge in [0.2, 0.25) is 11.8 Å². The Kier molecular flexibility index (Phi) is 5.30. The van der Waals surface area contributed by atoms with Crippen LogP contribution in [0.25, 0.3) is 0 Å². The maximum atomic E-state index is 12.6. The van der Waals surface area contributed by atoms with Gasteiger partial charge >= 0.3 is 0 Å². The van der Waals surface area contributed by atoms with Gasteiger partial charge in [0.05, 0.1) is 0 Å². The molecule has 1 aliphatic rings. The summed E-state index contributed by atoms with van der Waals surface area (Å²) >= 11 is 1.80. The van der Waals surface area contributed by atoms with E-state index in [1.807, 2.05) is 27.7 Å². The smallest absolute Gasteiger partial charge is 0.246 e. The summed E-state index contributed by atoms with van der Waals surface area (Å²) in [7, 11) is 0. The van der Waals surface area contributed by atoms with Gasteiger partial charge in [0, 0.05) is 11.8 Å². The molecule has 0 radical (unpaired) electrons. The van der Waals surface area contributed by atoms with Gasteiger partial charge in [-0.2, -0.15) is 11.8 Å². The number of amides is 2. The Morgan fingerprint density at radius 1 is 1.37 bits per heavy atom. The highest BCUT2D eigenvalue weighted by molar-refractivity contribution is 7.99. The van der Waals surface area contributed by atoms with Crippen molar-refractivity contribution in [2.45, 2.75) is 59.7 Å². The first-order valence-corrected chi connectivity index (χ1v) is 8.06. The second kappa shape index (κ2) is 6.16. The molecule has 0 saturated carbocycles. The van der Waals surface area contributed by atoms with Crippen LogP contribution in [0, 0.1) is 5.41 Å². The van der Waals surface area contributed by atoms with Crippen LogP contribution in [-0.4, -0.2) is 46.3 Å². The summed E-state index contributed by atoms with van der Waals surface area (Å²) in [6.07, 6.45) is 0. The van der Waals surface area contributed by atoms with Crippen molar-refractivity contribution in [2.24, 2.45) is 5.41 Å². The molecule has 3 atom stereocenters. The van der Waals surface area contributed by atoms with Gasteiger partial charge in [0.1, 0.15) is 12.1 Å². The summed E-state index contributed by atoms with van der Waals surface area (Å²) in [5.74, 6) is 1.89. The second-order valence-electron chi connectivity index (χ2n) is 6.24. The lowest BCUT2D eigenvalue weighted by atomic mass is 9.83. The molecule has 0 aromatic heterocycles. The molecule has 19 heavy (non-hydrogen) atoms. The maximum absolute atomic E-state index is 12.6. The molecule has 4 nitrogen and oxygen atoms in total. The van der Waals surface area contributed by atoms with Crippen molar-refractivity contribution in [3.63, 3.8) is 0 Å². The molecule has 1 fully saturated rings. The number of hydrogen-bond donors (Lipinski definition) is 1. The van der Waals surface area contributed by atoms with Crippen molar-refractivity contribution in [3.8, 4) is 0 Å². The standard InChI is InChI=1S/C14H26N2O2S/c1-7-19-8-9(2)16-10(3)12(17)15-11(13(16)18)14(4,5)6/h9-11H,7-8H2,1-6H3,(H,15,17). The minimum atomic E-state index is -0.426. The Balaban J connectivity index is 2.93. The summed E-state index contributed by atoms with van der Waals surface area (Å²) in [4.78, 5) is 26.5. The summed E-state index contributed by atoms with van der Waals surface area (Å²) < 4.78 is 0. The first-order chi connectivity index (χ1) is 8.70. The molecule has 5 heteroatoms. The van der Waals surface area contributed by atoms with Gasteiger partial charge in [-0.15, -0.1) is 0 Å². The highest BCUT2D eigenvalue weighted by Gasteiger charge is 2.44. The average molecular weight is 286 g/mol. The number of carbonyl (C=O) groups excluding carboxylic acids is 2. The molecule has 0 bridgehead atoms. The highest BCUT2D eigenvalue weighted by atomic mass is 32.2. The zero-order valence-electron chi connectivity index (χ0n) is 12.8. The summed E-state index contributed by atoms with van der Waals surface area (Å²) in [6, 6.07) is -0.716. The summed E-state index contributed by atoms with van der Waals surface area (Å²) in [5, 5.41) is 2.86. The Bertz CT molecular complexity index is 352. The summed E-state index contributed by atoms with van der Waals surface area (Å²) in [5.41, 5.74) is -0.261. The van der Waals surface area contributed by atoms with Crippen molar-refractivity contribution in [1.29, 1.82) is 0 Å². The number of nitrogens with zero attached hydrogens (tertiary/aromatic N) is 1. The predicted octanol–water partition coefficient (Wildman–Crippen LogP) is 1.89. The normalized spacial score (nSPS) is 26.3. The SMILES string of the molecule is CCSCC(C)N1C(=O)C(C(C)(C)C)NC(=O)C1C. The van der Waals surface area contributed by atoms with Gasteiger partial charge in [-0.05, 0) is 25.0 Å². The second-order valence-corrected chi connectivity index (χ2v) is 7.56. The molecular formula is C14H26N2O2S. The molecule has 1 heterocycles. The number of rotatable bonds is 4. The van der Waals surface area contributed by atoms with Gasteiger partial charge in [-0.25, -0.2) is 0 Å². The van der Waals surface area contributed by atoms with Crippen molar-refractivity contribution < 1.29 is 9.59 Å². The summed E-state index contributed by atoms with van der Waals surface area (Å²) in [6.45, 7) is 11.9. The molecule has 1 aliphatic heterocycles. The van der Waals surface area contributed by atoms with E-state index < -0.39 is 6.04 Å². The number of hydrogen-bond acceptors (Lipinski definition) is 3. The Morgan fingerprint density at radius 3 is 2.42 bits per heavy atom. The van der Waals surface area contributed by atoms with E-state index >= 15 is 0 Å². The Hall–Kier alpha value is -0.710. The molecule has 1 N–H and O–H groups in total. The number of piperazine rings is 1. The molecule has 0 spiro atoms. The van der Waals surface area contributed by atoms with E-state index in [4.69, 9.17) is 0 Å². The van der Waals surface area contributed by atoms with Crippen molar-refractivity contribution in [3.05, 3.63) is 0 Å². The van der Waals surface area contributed by atoms with Crippen molar-refractivity contribution >= 4 is 23.6 Å². The third-order valence-electron chi connectivity index (χ3n) is 3.49. The van der Waals surface area contributed by atoms with Crippen LogP contribution in [0.5, 0.6) is 0 Å². The van der Waals surface area contributed by atoms with Crippen molar-refractivity contribution in [2.75, 3.05) is 11.5 Å². The fraction of sp³-hybridized carbons (Fsp3) is 0.857. The van der Waals surface area contributed by atoms with Crippen LogP contribution in [-0.2, 0) is 9.59 Å². The molecule has 1 saturated heterocycles. The van der Waals surface area contributed by atoms with Crippen molar-refractivity contribution in [1.82, 2.24) is 10.2 Å². The fourth-order valence-electron chi connectivity index (χ4n) is 2.35. The van der Waals surface area contributed by atoms with Crippen LogP contribution in [0.3, 0.4) is 0 Å². The van der Waals surface area contributed by atoms with E-state index in [0.717, 1.165) is 11.5 Å². The third kappa shape index (κ3) is 3.65. The average Bonchev–Trinajstić information content (AvgIpc) is 2.30. The van der Waals surface area contributed by atoms with Crippen LogP contribution in [0.15, 0.2) is 0 Å². The fourth-order valence-corrected chi connectivity index (χ4v) is 3.08. The van der Waals surface area contributed by atoms with Crippen LogP contribution in [0.4, 0.5) is 0 Å². The molecule has 0 aliphatic carbocycles. The van der Waals surface area contributed by atoms with Gasteiger partial charge in [0.25, 0.3) is 0 Å². The molecule has 110 valence electrons. The monoisotopic (exact) mass is 286 g/mol. The van der Waals surface area contributed by atoms with Crippen LogP contribution >= 0.6 is 11.8 Å². The quantitative estimate of drug-likeness (QED) is 0.858. The van der Waals surface area contributed by atoms with Crippen LogP contribution in [0.1, 0.15) is 41.5 Å². The van der Waals surface area contributed by atoms with E-state index in [-0.39, 0.29) is 29.3 Å². The Labute approximate surface area is 120 Å². The lowest BCUT2D eigenvalue weighted by Crippen LogP contribution is -2.67. The van der Waals surface area contributed by atoms with Gasteiger partial charge in [0.15, 0.2) is 0 Å². The molecule has 3 unspecified atom stereocenters. The minimum absolute atomic E-state index is 0.0452. The zero-order valence-corrected chi connectivity index (χ0v) is 13.6. The number of carbonyl (C=O) groups is 2. The molecule has 1 rings (SSSR count). The minimum Gasteiger partial charge on any atom is -0.342 e. The van der Waals surface area contributed by atoms with Crippen LogP contribution in [0.2, 0.25) is 0 Å². The topological polar surface area (TPSA) is 49.4 Å². The first-order valence-electron chi connectivity index (χ1n) is 6.90. The van der Waals surface area contributed by atoms with Gasteiger partial charge < -0.3 is 10.2 Å².